The van der Waals surface area contributed by atoms with Gasteiger partial charge in [0.2, 0.25) is 0 Å². The van der Waals surface area contributed by atoms with Gasteiger partial charge in [-0.3, -0.25) is 4.79 Å². The molecule has 0 saturated heterocycles. The van der Waals surface area contributed by atoms with E-state index in [1.807, 2.05) is 12.3 Å². The molecular formula is C10H15NO2S2. The van der Waals surface area contributed by atoms with E-state index in [0.29, 0.717) is 6.42 Å². The van der Waals surface area contributed by atoms with Crippen molar-refractivity contribution in [2.75, 3.05) is 5.75 Å². The van der Waals surface area contributed by atoms with Gasteiger partial charge in [-0.05, 0) is 27.2 Å². The summed E-state index contributed by atoms with van der Waals surface area (Å²) in [5, 5.41) is 10.9. The van der Waals surface area contributed by atoms with Gasteiger partial charge >= 0.3 is 5.97 Å². The van der Waals surface area contributed by atoms with E-state index in [1.54, 1.807) is 36.9 Å². The zero-order chi connectivity index (χ0) is 11.5. The van der Waals surface area contributed by atoms with Crippen LogP contribution >= 0.6 is 23.1 Å². The van der Waals surface area contributed by atoms with Gasteiger partial charge in [0.25, 0.3) is 0 Å². The van der Waals surface area contributed by atoms with Crippen LogP contribution in [0.2, 0.25) is 0 Å². The molecule has 5 heteroatoms. The fourth-order valence-electron chi connectivity index (χ4n) is 0.899. The third kappa shape index (κ3) is 3.83. The summed E-state index contributed by atoms with van der Waals surface area (Å²) in [7, 11) is 0. The van der Waals surface area contributed by atoms with Gasteiger partial charge in [0.05, 0.1) is 5.41 Å². The first-order valence-electron chi connectivity index (χ1n) is 4.70. The number of hydrogen-bond acceptors (Lipinski definition) is 4. The van der Waals surface area contributed by atoms with Crippen LogP contribution in [-0.4, -0.2) is 21.8 Å². The molecule has 1 N–H and O–H groups in total. The van der Waals surface area contributed by atoms with Crippen LogP contribution in [0.5, 0.6) is 0 Å². The van der Waals surface area contributed by atoms with Crippen molar-refractivity contribution in [1.82, 2.24) is 4.98 Å². The molecule has 0 fully saturated rings. The highest BCUT2D eigenvalue weighted by molar-refractivity contribution is 8.01. The molecule has 3 nitrogen and oxygen atoms in total. The smallest absolute Gasteiger partial charge is 0.309 e. The predicted octanol–water partition coefficient (Wildman–Crippen LogP) is 3.04. The number of thiazole rings is 1. The van der Waals surface area contributed by atoms with E-state index in [-0.39, 0.29) is 0 Å². The van der Waals surface area contributed by atoms with E-state index in [2.05, 4.69) is 4.98 Å². The summed E-state index contributed by atoms with van der Waals surface area (Å²) in [6, 6.07) is 0. The Bertz CT molecular complexity index is 347. The zero-order valence-electron chi connectivity index (χ0n) is 9.11. The summed E-state index contributed by atoms with van der Waals surface area (Å²) in [4.78, 5) is 15.2. The topological polar surface area (TPSA) is 50.2 Å². The van der Waals surface area contributed by atoms with E-state index in [4.69, 9.17) is 5.11 Å². The van der Waals surface area contributed by atoms with Crippen molar-refractivity contribution < 1.29 is 9.90 Å². The molecule has 15 heavy (non-hydrogen) atoms. The number of rotatable bonds is 5. The highest BCUT2D eigenvalue weighted by Crippen LogP contribution is 2.28. The lowest BCUT2D eigenvalue weighted by Crippen LogP contribution is -2.24. The molecule has 0 aliphatic rings. The maximum absolute atomic E-state index is 10.8. The fourth-order valence-corrected chi connectivity index (χ4v) is 3.08. The Morgan fingerprint density at radius 3 is 2.80 bits per heavy atom. The summed E-state index contributed by atoms with van der Waals surface area (Å²) in [6.07, 6.45) is 0.658. The summed E-state index contributed by atoms with van der Waals surface area (Å²) in [5.41, 5.74) is 0.388. The van der Waals surface area contributed by atoms with E-state index in [0.717, 1.165) is 15.8 Å². The average molecular weight is 245 g/mol. The summed E-state index contributed by atoms with van der Waals surface area (Å²) >= 11 is 3.24. The molecule has 0 unspecified atom stereocenters. The Balaban J connectivity index is 2.36. The predicted molar refractivity (Wildman–Crippen MR) is 63.6 cm³/mol. The first-order chi connectivity index (χ1) is 6.92. The van der Waals surface area contributed by atoms with Gasteiger partial charge in [-0.2, -0.15) is 0 Å². The molecule has 1 aromatic heterocycles. The molecule has 1 heterocycles. The summed E-state index contributed by atoms with van der Waals surface area (Å²) < 4.78 is 1.02. The maximum atomic E-state index is 10.8. The highest BCUT2D eigenvalue weighted by Gasteiger charge is 2.26. The first kappa shape index (κ1) is 12.5. The Kier molecular flexibility index (Phi) is 4.16. The van der Waals surface area contributed by atoms with Crippen molar-refractivity contribution >= 4 is 29.1 Å². The molecule has 1 aromatic rings. The van der Waals surface area contributed by atoms with Gasteiger partial charge < -0.3 is 5.11 Å². The van der Waals surface area contributed by atoms with Crippen molar-refractivity contribution in [3.63, 3.8) is 0 Å². The number of hydrogen-bond donors (Lipinski definition) is 1. The second-order valence-corrected chi connectivity index (χ2v) is 6.24. The molecule has 0 bridgehead atoms. The molecule has 0 aliphatic carbocycles. The second kappa shape index (κ2) is 4.99. The second-order valence-electron chi connectivity index (χ2n) is 4.04. The normalized spacial score (nSPS) is 11.7. The molecule has 0 spiro atoms. The lowest BCUT2D eigenvalue weighted by atomic mass is 9.91. The summed E-state index contributed by atoms with van der Waals surface area (Å²) in [5.74, 6) is 0.0603. The van der Waals surface area contributed by atoms with E-state index in [9.17, 15) is 4.79 Å². The van der Waals surface area contributed by atoms with Crippen LogP contribution in [0.15, 0.2) is 9.72 Å². The van der Waals surface area contributed by atoms with Crippen LogP contribution in [-0.2, 0) is 4.79 Å². The SMILES string of the molecule is Cc1csc(SCCC(C)(C)C(=O)O)n1. The van der Waals surface area contributed by atoms with Crippen molar-refractivity contribution in [2.24, 2.45) is 5.41 Å². The van der Waals surface area contributed by atoms with Crippen molar-refractivity contribution in [1.29, 1.82) is 0 Å². The minimum Gasteiger partial charge on any atom is -0.481 e. The quantitative estimate of drug-likeness (QED) is 0.810. The van der Waals surface area contributed by atoms with Crippen LogP contribution in [0, 0.1) is 12.3 Å². The summed E-state index contributed by atoms with van der Waals surface area (Å²) in [6.45, 7) is 5.47. The van der Waals surface area contributed by atoms with E-state index in [1.165, 1.54) is 0 Å². The Morgan fingerprint density at radius 1 is 1.67 bits per heavy atom. The monoisotopic (exact) mass is 245 g/mol. The largest absolute Gasteiger partial charge is 0.481 e. The van der Waals surface area contributed by atoms with Crippen molar-refractivity contribution in [3.05, 3.63) is 11.1 Å². The number of thioether (sulfide) groups is 1. The molecule has 0 radical (unpaired) electrons. The van der Waals surface area contributed by atoms with Crippen molar-refractivity contribution in [2.45, 2.75) is 31.5 Å². The molecule has 0 saturated carbocycles. The van der Waals surface area contributed by atoms with Gasteiger partial charge in [0.1, 0.15) is 4.34 Å². The number of aromatic nitrogens is 1. The molecule has 0 amide bonds. The third-order valence-electron chi connectivity index (χ3n) is 2.13. The number of carboxylic acid groups (broad SMARTS) is 1. The fraction of sp³-hybridized carbons (Fsp3) is 0.600. The van der Waals surface area contributed by atoms with Crippen molar-refractivity contribution in [3.8, 4) is 0 Å². The Labute approximate surface area is 97.9 Å². The van der Waals surface area contributed by atoms with Crippen LogP contribution in [0.3, 0.4) is 0 Å². The third-order valence-corrected chi connectivity index (χ3v) is 4.27. The van der Waals surface area contributed by atoms with Gasteiger partial charge in [-0.25, -0.2) is 4.98 Å². The number of carbonyl (C=O) groups is 1. The number of carboxylic acids is 1. The Morgan fingerprint density at radius 2 is 2.33 bits per heavy atom. The molecule has 0 atom stereocenters. The molecule has 0 aromatic carbocycles. The number of aryl methyl sites for hydroxylation is 1. The maximum Gasteiger partial charge on any atom is 0.309 e. The first-order valence-corrected chi connectivity index (χ1v) is 6.57. The van der Waals surface area contributed by atoms with Crippen LogP contribution in [0.4, 0.5) is 0 Å². The van der Waals surface area contributed by atoms with E-state index >= 15 is 0 Å². The molecule has 1 rings (SSSR count). The standard InChI is InChI=1S/C10H15NO2S2/c1-7-6-15-9(11-7)14-5-4-10(2,3)8(12)13/h6H,4-5H2,1-3H3,(H,12,13). The van der Waals surface area contributed by atoms with E-state index < -0.39 is 11.4 Å². The molecule has 84 valence electrons. The number of aliphatic carboxylic acids is 1. The average Bonchev–Trinajstić information content (AvgIpc) is 2.51. The van der Waals surface area contributed by atoms with Crippen LogP contribution in [0.25, 0.3) is 0 Å². The molecule has 0 aliphatic heterocycles. The minimum atomic E-state index is -0.738. The van der Waals surface area contributed by atoms with Gasteiger partial charge in [-0.15, -0.1) is 11.3 Å². The lowest BCUT2D eigenvalue weighted by molar-refractivity contribution is -0.146. The van der Waals surface area contributed by atoms with Gasteiger partial charge in [0.15, 0.2) is 0 Å². The van der Waals surface area contributed by atoms with Crippen LogP contribution in [0.1, 0.15) is 26.0 Å². The molecular weight excluding hydrogens is 230 g/mol. The van der Waals surface area contributed by atoms with Crippen LogP contribution < -0.4 is 0 Å². The van der Waals surface area contributed by atoms with Gasteiger partial charge in [-0.1, -0.05) is 11.8 Å². The zero-order valence-corrected chi connectivity index (χ0v) is 10.7. The van der Waals surface area contributed by atoms with Gasteiger partial charge in [0, 0.05) is 16.8 Å². The minimum absolute atomic E-state index is 0.640. The lowest BCUT2D eigenvalue weighted by Gasteiger charge is -2.17. The number of nitrogens with zero attached hydrogens (tertiary/aromatic N) is 1. The highest BCUT2D eigenvalue weighted by atomic mass is 32.2. The Hall–Kier alpha value is -0.550.